The molecule has 0 saturated carbocycles. The molecule has 0 amide bonds. The summed E-state index contributed by atoms with van der Waals surface area (Å²) in [6.07, 6.45) is -2.89. The Bertz CT molecular complexity index is 563. The van der Waals surface area contributed by atoms with Crippen molar-refractivity contribution in [2.45, 2.75) is 43.5 Å². The smallest absolute Gasteiger partial charge is 0.306 e. The molecule has 1 heterocycles. The van der Waals surface area contributed by atoms with Gasteiger partial charge in [-0.3, -0.25) is 4.79 Å². The first-order valence-electron chi connectivity index (χ1n) is 7.63. The molecule has 25 heavy (non-hydrogen) atoms. The van der Waals surface area contributed by atoms with E-state index in [-0.39, 0.29) is 19.0 Å². The molecule has 1 aliphatic heterocycles. The minimum absolute atomic E-state index is 0.0349. The Morgan fingerprint density at radius 1 is 1.20 bits per heavy atom. The Balaban J connectivity index is 2.33. The fourth-order valence-corrected chi connectivity index (χ4v) is 1.91. The summed E-state index contributed by atoms with van der Waals surface area (Å²) in [5.41, 5.74) is 0. The van der Waals surface area contributed by atoms with Gasteiger partial charge >= 0.3 is 5.97 Å². The summed E-state index contributed by atoms with van der Waals surface area (Å²) >= 11 is 0. The van der Waals surface area contributed by atoms with Gasteiger partial charge in [0, 0.05) is 6.42 Å². The fraction of sp³-hybridized carbons (Fsp3) is 0.588. The van der Waals surface area contributed by atoms with Crippen LogP contribution in [-0.4, -0.2) is 77.4 Å². The second kappa shape index (κ2) is 11.6. The molecular weight excluding hydrogens is 332 g/mol. The fourth-order valence-electron chi connectivity index (χ4n) is 1.91. The van der Waals surface area contributed by atoms with Crippen LogP contribution in [0.25, 0.3) is 0 Å². The van der Waals surface area contributed by atoms with Crippen LogP contribution >= 0.6 is 0 Å². The van der Waals surface area contributed by atoms with Crippen molar-refractivity contribution in [1.82, 2.24) is 0 Å². The number of hydrogen-bond acceptors (Lipinski definition) is 8. The number of hydrogen-bond donors (Lipinski definition) is 4. The molecule has 1 saturated heterocycles. The van der Waals surface area contributed by atoms with Crippen LogP contribution in [0.3, 0.4) is 0 Å². The number of ether oxygens (including phenoxy) is 3. The highest BCUT2D eigenvalue weighted by Gasteiger charge is 2.43. The van der Waals surface area contributed by atoms with E-state index in [4.69, 9.17) is 14.6 Å². The highest BCUT2D eigenvalue weighted by Crippen LogP contribution is 2.21. The third kappa shape index (κ3) is 7.24. The van der Waals surface area contributed by atoms with Crippen molar-refractivity contribution >= 4 is 5.97 Å². The molecule has 1 rings (SSSR count). The average molecular weight is 354 g/mol. The maximum absolute atomic E-state index is 10.8. The average Bonchev–Trinajstić information content (AvgIpc) is 2.62. The van der Waals surface area contributed by atoms with Crippen LogP contribution in [-0.2, 0) is 19.0 Å². The zero-order chi connectivity index (χ0) is 18.7. The molecule has 0 aromatic rings. The molecule has 5 unspecified atom stereocenters. The number of methoxy groups -OCH3 is 1. The van der Waals surface area contributed by atoms with Gasteiger partial charge in [-0.15, -0.1) is 0 Å². The highest BCUT2D eigenvalue weighted by atomic mass is 16.7. The lowest BCUT2D eigenvalue weighted by molar-refractivity contribution is -0.298. The van der Waals surface area contributed by atoms with Gasteiger partial charge in [-0.25, -0.2) is 0 Å². The largest absolute Gasteiger partial charge is 0.469 e. The molecule has 0 aliphatic carbocycles. The van der Waals surface area contributed by atoms with E-state index in [0.717, 1.165) is 0 Å². The van der Waals surface area contributed by atoms with Crippen LogP contribution in [0.5, 0.6) is 0 Å². The van der Waals surface area contributed by atoms with E-state index in [2.05, 4.69) is 28.4 Å². The van der Waals surface area contributed by atoms with E-state index in [1.54, 1.807) is 6.08 Å². The topological polar surface area (TPSA) is 126 Å². The van der Waals surface area contributed by atoms with Crippen molar-refractivity contribution in [3.63, 3.8) is 0 Å². The molecule has 0 aromatic heterocycles. The Morgan fingerprint density at radius 3 is 2.64 bits per heavy atom. The van der Waals surface area contributed by atoms with Gasteiger partial charge in [0.25, 0.3) is 0 Å². The first-order chi connectivity index (χ1) is 12.0. The summed E-state index contributed by atoms with van der Waals surface area (Å²) in [6.45, 7) is -0.478. The lowest BCUT2D eigenvalue weighted by Gasteiger charge is -2.39. The van der Waals surface area contributed by atoms with E-state index < -0.39 is 37.3 Å². The summed E-state index contributed by atoms with van der Waals surface area (Å²) in [4.78, 5) is 10.8. The number of rotatable bonds is 6. The van der Waals surface area contributed by atoms with Crippen molar-refractivity contribution in [1.29, 1.82) is 0 Å². The van der Waals surface area contributed by atoms with Gasteiger partial charge in [-0.05, 0) is 17.9 Å². The Morgan fingerprint density at radius 2 is 1.96 bits per heavy atom. The van der Waals surface area contributed by atoms with Crippen LogP contribution in [0.1, 0.15) is 12.8 Å². The van der Waals surface area contributed by atoms with Crippen molar-refractivity contribution in [2.24, 2.45) is 0 Å². The summed E-state index contributed by atoms with van der Waals surface area (Å²) in [5, 5.41) is 38.0. The maximum atomic E-state index is 10.8. The zero-order valence-corrected chi connectivity index (χ0v) is 13.8. The summed E-state index contributed by atoms with van der Waals surface area (Å²) in [7, 11) is 1.31. The number of carbonyl (C=O) groups is 1. The predicted molar refractivity (Wildman–Crippen MR) is 85.7 cm³/mol. The van der Waals surface area contributed by atoms with Gasteiger partial charge in [0.15, 0.2) is 6.29 Å². The lowest BCUT2D eigenvalue weighted by atomic mass is 9.99. The number of aliphatic hydroxyl groups is 4. The third-order valence-corrected chi connectivity index (χ3v) is 3.31. The van der Waals surface area contributed by atoms with E-state index in [9.17, 15) is 20.1 Å². The molecule has 138 valence electrons. The third-order valence-electron chi connectivity index (χ3n) is 3.31. The lowest BCUT2D eigenvalue weighted by Crippen LogP contribution is -2.59. The summed E-state index contributed by atoms with van der Waals surface area (Å²) in [6, 6.07) is 0. The molecule has 1 aliphatic rings. The maximum Gasteiger partial charge on any atom is 0.306 e. The van der Waals surface area contributed by atoms with Gasteiger partial charge < -0.3 is 34.6 Å². The number of esters is 1. The molecule has 5 atom stereocenters. The molecule has 0 radical (unpaired) electrons. The van der Waals surface area contributed by atoms with Crippen molar-refractivity contribution in [2.75, 3.05) is 20.3 Å². The minimum atomic E-state index is -1.47. The SMILES string of the molecule is COC(=O)CCC#CC#C/C=C\COC1OC(CO)C(O)C(O)C1O. The summed E-state index contributed by atoms with van der Waals surface area (Å²) in [5.74, 6) is 10.1. The Labute approximate surface area is 146 Å². The van der Waals surface area contributed by atoms with Gasteiger partial charge in [0.05, 0.1) is 26.7 Å². The molecule has 1 fully saturated rings. The van der Waals surface area contributed by atoms with E-state index in [1.165, 1.54) is 13.2 Å². The van der Waals surface area contributed by atoms with Gasteiger partial charge in [-0.1, -0.05) is 17.9 Å². The molecule has 0 aromatic carbocycles. The number of carbonyl (C=O) groups excluding carboxylic acids is 1. The van der Waals surface area contributed by atoms with E-state index >= 15 is 0 Å². The number of aliphatic hydroxyl groups excluding tert-OH is 4. The van der Waals surface area contributed by atoms with E-state index in [1.807, 2.05) is 0 Å². The van der Waals surface area contributed by atoms with Gasteiger partial charge in [0.2, 0.25) is 0 Å². The number of allylic oxidation sites excluding steroid dienone is 1. The van der Waals surface area contributed by atoms with Crippen molar-refractivity contribution < 1.29 is 39.4 Å². The van der Waals surface area contributed by atoms with Crippen LogP contribution in [0, 0.1) is 23.7 Å². The minimum Gasteiger partial charge on any atom is -0.469 e. The first-order valence-corrected chi connectivity index (χ1v) is 7.63. The van der Waals surface area contributed by atoms with Crippen LogP contribution in [0.2, 0.25) is 0 Å². The molecular formula is C17H22O8. The molecule has 8 nitrogen and oxygen atoms in total. The van der Waals surface area contributed by atoms with Gasteiger partial charge in [0.1, 0.15) is 24.4 Å². The van der Waals surface area contributed by atoms with E-state index in [0.29, 0.717) is 6.42 Å². The standard InChI is InChI=1S/C17H22O8/c1-23-13(19)9-7-5-3-2-4-6-8-10-24-17-16(22)15(21)14(20)12(11-18)25-17/h6,8,12,14-18,20-22H,7,9-11H2,1H3/b8-6-. The molecule has 4 N–H and O–H groups in total. The Hall–Kier alpha value is -1.91. The quantitative estimate of drug-likeness (QED) is 0.329. The van der Waals surface area contributed by atoms with Crippen LogP contribution in [0.4, 0.5) is 0 Å². The second-order valence-electron chi connectivity index (χ2n) is 5.08. The van der Waals surface area contributed by atoms with Crippen LogP contribution in [0.15, 0.2) is 12.2 Å². The monoisotopic (exact) mass is 354 g/mol. The normalized spacial score (nSPS) is 28.6. The van der Waals surface area contributed by atoms with Crippen molar-refractivity contribution in [3.05, 3.63) is 12.2 Å². The Kier molecular flexibility index (Phi) is 9.81. The molecule has 8 heteroatoms. The predicted octanol–water partition coefficient (Wildman–Crippen LogP) is -1.68. The van der Waals surface area contributed by atoms with Crippen LogP contribution < -0.4 is 0 Å². The zero-order valence-electron chi connectivity index (χ0n) is 13.8. The first kappa shape index (κ1) is 21.1. The molecule has 0 bridgehead atoms. The highest BCUT2D eigenvalue weighted by molar-refractivity contribution is 5.69. The van der Waals surface area contributed by atoms with Crippen molar-refractivity contribution in [3.8, 4) is 23.7 Å². The summed E-state index contributed by atoms with van der Waals surface area (Å²) < 4.78 is 14.9. The molecule has 0 spiro atoms. The second-order valence-corrected chi connectivity index (χ2v) is 5.08. The van der Waals surface area contributed by atoms with Gasteiger partial charge in [-0.2, -0.15) is 0 Å².